The summed E-state index contributed by atoms with van der Waals surface area (Å²) < 4.78 is 10.6. The summed E-state index contributed by atoms with van der Waals surface area (Å²) in [4.78, 5) is 24.4. The molecule has 0 rings (SSSR count). The number of unbranched alkanes of at least 4 members (excludes halogenated alkanes) is 23. The highest BCUT2D eigenvalue weighted by Gasteiger charge is 2.16. The number of aliphatic hydroxyl groups is 1. The monoisotopic (exact) mass is 875 g/mol. The van der Waals surface area contributed by atoms with Gasteiger partial charge in [0.05, 0.1) is 6.61 Å². The van der Waals surface area contributed by atoms with Crippen LogP contribution in [-0.4, -0.2) is 36.4 Å². The lowest BCUT2D eigenvalue weighted by molar-refractivity contribution is -0.161. The van der Waals surface area contributed by atoms with Crippen molar-refractivity contribution in [1.82, 2.24) is 0 Å². The zero-order valence-electron chi connectivity index (χ0n) is 41.1. The molecule has 0 aliphatic carbocycles. The minimum absolute atomic E-state index is 0.0720. The minimum atomic E-state index is -0.778. The zero-order chi connectivity index (χ0) is 45.6. The Hall–Kier alpha value is -3.18. The van der Waals surface area contributed by atoms with Gasteiger partial charge >= 0.3 is 11.9 Å². The number of ether oxygens (including phenoxy) is 2. The summed E-state index contributed by atoms with van der Waals surface area (Å²) in [7, 11) is 0. The molecule has 0 aromatic heterocycles. The van der Waals surface area contributed by atoms with Crippen LogP contribution in [0.1, 0.15) is 239 Å². The van der Waals surface area contributed by atoms with E-state index in [2.05, 4.69) is 111 Å². The van der Waals surface area contributed by atoms with Crippen LogP contribution in [0.15, 0.2) is 97.2 Å². The first-order valence-corrected chi connectivity index (χ1v) is 26.3. The van der Waals surface area contributed by atoms with Crippen molar-refractivity contribution >= 4 is 11.9 Å². The molecular formula is C58H98O5. The highest BCUT2D eigenvalue weighted by Crippen LogP contribution is 2.15. The van der Waals surface area contributed by atoms with Crippen molar-refractivity contribution in [3.8, 4) is 0 Å². The van der Waals surface area contributed by atoms with Crippen molar-refractivity contribution in [3.63, 3.8) is 0 Å². The molecule has 1 atom stereocenters. The molecular weight excluding hydrogens is 777 g/mol. The third-order valence-electron chi connectivity index (χ3n) is 11.1. The molecule has 0 aliphatic rings. The van der Waals surface area contributed by atoms with Crippen LogP contribution < -0.4 is 0 Å². The van der Waals surface area contributed by atoms with Crippen LogP contribution >= 0.6 is 0 Å². The first kappa shape index (κ1) is 59.8. The summed E-state index contributed by atoms with van der Waals surface area (Å²) in [5.74, 6) is -0.601. The topological polar surface area (TPSA) is 72.8 Å². The lowest BCUT2D eigenvalue weighted by Gasteiger charge is -2.15. The van der Waals surface area contributed by atoms with E-state index in [1.807, 2.05) is 0 Å². The van der Waals surface area contributed by atoms with Gasteiger partial charge in [0.2, 0.25) is 0 Å². The highest BCUT2D eigenvalue weighted by molar-refractivity contribution is 5.70. The summed E-state index contributed by atoms with van der Waals surface area (Å²) in [6.07, 6.45) is 75.2. The molecule has 0 radical (unpaired) electrons. The van der Waals surface area contributed by atoms with Gasteiger partial charge in [0.1, 0.15) is 6.61 Å². The lowest BCUT2D eigenvalue weighted by Crippen LogP contribution is -2.28. The molecule has 0 saturated carbocycles. The van der Waals surface area contributed by atoms with E-state index in [1.165, 1.54) is 122 Å². The average molecular weight is 875 g/mol. The molecule has 0 fully saturated rings. The number of aliphatic hydroxyl groups excluding tert-OH is 1. The molecule has 0 bridgehead atoms. The van der Waals surface area contributed by atoms with Gasteiger partial charge in [-0.05, 0) is 96.3 Å². The van der Waals surface area contributed by atoms with Gasteiger partial charge in [-0.1, -0.05) is 227 Å². The van der Waals surface area contributed by atoms with Crippen LogP contribution in [-0.2, 0) is 19.1 Å². The Morgan fingerprint density at radius 1 is 0.381 bits per heavy atom. The second-order valence-corrected chi connectivity index (χ2v) is 17.2. The highest BCUT2D eigenvalue weighted by atomic mass is 16.6. The molecule has 0 heterocycles. The second-order valence-electron chi connectivity index (χ2n) is 17.2. The van der Waals surface area contributed by atoms with Gasteiger partial charge in [-0.25, -0.2) is 0 Å². The van der Waals surface area contributed by atoms with Crippen molar-refractivity contribution in [2.45, 2.75) is 245 Å². The van der Waals surface area contributed by atoms with Crippen LogP contribution in [0.25, 0.3) is 0 Å². The molecule has 0 aromatic carbocycles. The Morgan fingerprint density at radius 3 is 1.05 bits per heavy atom. The number of hydrogen-bond donors (Lipinski definition) is 1. The number of esters is 2. The Bertz CT molecular complexity index is 1220. The predicted octanol–water partition coefficient (Wildman–Crippen LogP) is 17.6. The molecule has 0 saturated heterocycles. The number of carbonyl (C=O) groups is 2. The second kappa shape index (κ2) is 53.2. The standard InChI is InChI=1S/C58H98O5/c1-3-5-7-9-11-13-15-17-18-19-20-21-22-23-24-25-26-27-28-29-30-31-32-33-34-35-36-37-38-39-40-41-43-45-47-49-51-53-58(61)63-56(54-59)55-62-57(60)52-50-48-46-44-42-16-14-12-10-8-6-4-2/h5,7,11-14,17-18,20-21,23-24,26-27,29-30,56,59H,3-4,6,8-10,15-16,19,22,25,28,31-55H2,1-2H3/b7-5-,13-11-,14-12-,18-17-,21-20-,24-23-,27-26-,30-29-. The van der Waals surface area contributed by atoms with Crippen LogP contribution in [0.4, 0.5) is 0 Å². The maximum Gasteiger partial charge on any atom is 0.306 e. The lowest BCUT2D eigenvalue weighted by atomic mass is 10.0. The number of hydrogen-bond acceptors (Lipinski definition) is 5. The number of carbonyl (C=O) groups excluding carboxylic acids is 2. The third-order valence-corrected chi connectivity index (χ3v) is 11.1. The van der Waals surface area contributed by atoms with E-state index in [-0.39, 0.29) is 25.2 Å². The first-order chi connectivity index (χ1) is 31.1. The van der Waals surface area contributed by atoms with Crippen LogP contribution in [0.3, 0.4) is 0 Å². The van der Waals surface area contributed by atoms with E-state index in [9.17, 15) is 14.7 Å². The fourth-order valence-electron chi connectivity index (χ4n) is 7.18. The minimum Gasteiger partial charge on any atom is -0.462 e. The molecule has 63 heavy (non-hydrogen) atoms. The number of allylic oxidation sites excluding steroid dienone is 16. The van der Waals surface area contributed by atoms with Crippen molar-refractivity contribution in [2.24, 2.45) is 0 Å². The smallest absolute Gasteiger partial charge is 0.306 e. The largest absolute Gasteiger partial charge is 0.462 e. The number of rotatable bonds is 47. The third kappa shape index (κ3) is 51.3. The van der Waals surface area contributed by atoms with Crippen LogP contribution in [0.2, 0.25) is 0 Å². The van der Waals surface area contributed by atoms with Gasteiger partial charge in [0.15, 0.2) is 6.10 Å². The first-order valence-electron chi connectivity index (χ1n) is 26.3. The summed E-state index contributed by atoms with van der Waals surface area (Å²) >= 11 is 0. The Balaban J connectivity index is 3.50. The Kier molecular flexibility index (Phi) is 50.5. The Morgan fingerprint density at radius 2 is 0.683 bits per heavy atom. The molecule has 5 heteroatoms. The molecule has 0 amide bonds. The molecule has 1 unspecified atom stereocenters. The van der Waals surface area contributed by atoms with Gasteiger partial charge in [-0.15, -0.1) is 0 Å². The van der Waals surface area contributed by atoms with E-state index in [4.69, 9.17) is 9.47 Å². The molecule has 5 nitrogen and oxygen atoms in total. The van der Waals surface area contributed by atoms with E-state index < -0.39 is 6.10 Å². The fraction of sp³-hybridized carbons (Fsp3) is 0.690. The fourth-order valence-corrected chi connectivity index (χ4v) is 7.18. The quantitative estimate of drug-likeness (QED) is 0.0375. The summed E-state index contributed by atoms with van der Waals surface area (Å²) in [5, 5.41) is 9.60. The van der Waals surface area contributed by atoms with E-state index in [1.54, 1.807) is 0 Å². The van der Waals surface area contributed by atoms with Gasteiger partial charge in [0.25, 0.3) is 0 Å². The van der Waals surface area contributed by atoms with Gasteiger partial charge in [-0.2, -0.15) is 0 Å². The molecule has 1 N–H and O–H groups in total. The van der Waals surface area contributed by atoms with Crippen molar-refractivity contribution in [1.29, 1.82) is 0 Å². The maximum absolute atomic E-state index is 12.3. The maximum atomic E-state index is 12.3. The van der Waals surface area contributed by atoms with Crippen molar-refractivity contribution in [2.75, 3.05) is 13.2 Å². The van der Waals surface area contributed by atoms with E-state index >= 15 is 0 Å². The summed E-state index contributed by atoms with van der Waals surface area (Å²) in [6, 6.07) is 0. The van der Waals surface area contributed by atoms with Crippen molar-refractivity contribution < 1.29 is 24.2 Å². The normalized spacial score (nSPS) is 13.0. The summed E-state index contributed by atoms with van der Waals surface area (Å²) in [5.41, 5.74) is 0. The van der Waals surface area contributed by atoms with Crippen molar-refractivity contribution in [3.05, 3.63) is 97.2 Å². The van der Waals surface area contributed by atoms with Crippen LogP contribution in [0, 0.1) is 0 Å². The SMILES string of the molecule is CC/C=C\C/C=C\C/C=C\C/C=C\C/C=C\C/C=C\C/C=C\CCCCCCCCCCCCCCCCCC(=O)OC(CO)COC(=O)CCCCCCC/C=C\CCCCC. The predicted molar refractivity (Wildman–Crippen MR) is 274 cm³/mol. The van der Waals surface area contributed by atoms with Crippen LogP contribution in [0.5, 0.6) is 0 Å². The summed E-state index contributed by atoms with van der Waals surface area (Å²) in [6.45, 7) is 3.99. The molecule has 360 valence electrons. The van der Waals surface area contributed by atoms with Gasteiger partial charge in [0, 0.05) is 12.8 Å². The molecule has 0 aliphatic heterocycles. The average Bonchev–Trinajstić information content (AvgIpc) is 3.29. The zero-order valence-corrected chi connectivity index (χ0v) is 41.1. The molecule has 0 aromatic rings. The Labute approximate surface area is 389 Å². The van der Waals surface area contributed by atoms with Gasteiger partial charge in [-0.3, -0.25) is 9.59 Å². The molecule has 0 spiro atoms. The van der Waals surface area contributed by atoms with E-state index in [0.717, 1.165) is 89.9 Å². The van der Waals surface area contributed by atoms with E-state index in [0.29, 0.717) is 12.8 Å². The van der Waals surface area contributed by atoms with Gasteiger partial charge < -0.3 is 14.6 Å².